The molecule has 0 aliphatic carbocycles. The van der Waals surface area contributed by atoms with Crippen LogP contribution in [-0.2, 0) is 9.59 Å². The van der Waals surface area contributed by atoms with E-state index in [-0.39, 0.29) is 23.8 Å². The third kappa shape index (κ3) is 6.26. The molecule has 1 aromatic rings. The summed E-state index contributed by atoms with van der Waals surface area (Å²) in [6, 6.07) is 7.95. The molecule has 1 fully saturated rings. The molecule has 138 valence electrons. The zero-order valence-electron chi connectivity index (χ0n) is 15.2. The number of nitrogens with one attached hydrogen (secondary N) is 2. The topological polar surface area (TPSA) is 61.4 Å². The van der Waals surface area contributed by atoms with Gasteiger partial charge < -0.3 is 10.6 Å². The van der Waals surface area contributed by atoms with Crippen molar-refractivity contribution in [3.8, 4) is 0 Å². The Balaban J connectivity index is 1.75. The van der Waals surface area contributed by atoms with E-state index in [9.17, 15) is 9.59 Å². The minimum absolute atomic E-state index is 0.000414. The molecule has 2 N–H and O–H groups in total. The summed E-state index contributed by atoms with van der Waals surface area (Å²) in [5.41, 5.74) is 0.852. The van der Waals surface area contributed by atoms with Gasteiger partial charge in [0.05, 0.1) is 12.2 Å². The molecule has 1 aromatic carbocycles. The summed E-state index contributed by atoms with van der Waals surface area (Å²) in [4.78, 5) is 26.7. The van der Waals surface area contributed by atoms with Gasteiger partial charge in [-0.2, -0.15) is 0 Å². The van der Waals surface area contributed by atoms with Crippen LogP contribution in [0.2, 0.25) is 0 Å². The first-order valence-electron chi connectivity index (χ1n) is 8.94. The molecule has 0 bridgehead atoms. The van der Waals surface area contributed by atoms with E-state index in [1.807, 2.05) is 31.2 Å². The Kier molecular flexibility index (Phi) is 7.68. The van der Waals surface area contributed by atoms with Crippen molar-refractivity contribution in [1.29, 1.82) is 0 Å². The fourth-order valence-electron chi connectivity index (χ4n) is 2.82. The van der Waals surface area contributed by atoms with E-state index >= 15 is 0 Å². The molecular formula is C19H28IN3O2. The highest BCUT2D eigenvalue weighted by atomic mass is 127. The highest BCUT2D eigenvalue weighted by molar-refractivity contribution is 14.1. The van der Waals surface area contributed by atoms with Crippen molar-refractivity contribution in [2.24, 2.45) is 11.8 Å². The van der Waals surface area contributed by atoms with Crippen molar-refractivity contribution in [3.05, 3.63) is 27.8 Å². The van der Waals surface area contributed by atoms with E-state index in [1.54, 1.807) is 0 Å². The van der Waals surface area contributed by atoms with Crippen LogP contribution in [0.5, 0.6) is 0 Å². The number of para-hydroxylation sites is 1. The molecule has 0 spiro atoms. The van der Waals surface area contributed by atoms with Crippen molar-refractivity contribution in [1.82, 2.24) is 10.2 Å². The summed E-state index contributed by atoms with van der Waals surface area (Å²) in [5.74, 6) is 0.661. The fraction of sp³-hybridized carbons (Fsp3) is 0.579. The number of carbonyl (C=O) groups excluding carboxylic acids is 2. The van der Waals surface area contributed by atoms with E-state index in [4.69, 9.17) is 0 Å². The summed E-state index contributed by atoms with van der Waals surface area (Å²) in [6.07, 6.45) is 1.62. The van der Waals surface area contributed by atoms with Gasteiger partial charge >= 0.3 is 0 Å². The molecular weight excluding hydrogens is 429 g/mol. The van der Waals surface area contributed by atoms with Crippen molar-refractivity contribution in [2.75, 3.05) is 25.0 Å². The maximum atomic E-state index is 12.3. The number of benzene rings is 1. The van der Waals surface area contributed by atoms with Crippen LogP contribution in [0.25, 0.3) is 0 Å². The van der Waals surface area contributed by atoms with Crippen LogP contribution in [0.1, 0.15) is 33.6 Å². The molecule has 25 heavy (non-hydrogen) atoms. The normalized spacial score (nSPS) is 17.3. The van der Waals surface area contributed by atoms with E-state index in [0.717, 1.165) is 35.2 Å². The first-order chi connectivity index (χ1) is 11.9. The summed E-state index contributed by atoms with van der Waals surface area (Å²) >= 11 is 2.22. The Labute approximate surface area is 164 Å². The van der Waals surface area contributed by atoms with Crippen molar-refractivity contribution in [2.45, 2.75) is 39.7 Å². The Morgan fingerprint density at radius 3 is 2.44 bits per heavy atom. The number of likely N-dealkylation sites (tertiary alicyclic amines) is 1. The minimum Gasteiger partial charge on any atom is -0.353 e. The molecule has 6 heteroatoms. The zero-order chi connectivity index (χ0) is 18.4. The van der Waals surface area contributed by atoms with Crippen LogP contribution < -0.4 is 10.6 Å². The van der Waals surface area contributed by atoms with Gasteiger partial charge in [0.15, 0.2) is 0 Å². The summed E-state index contributed by atoms with van der Waals surface area (Å²) < 4.78 is 1.03. The number of amides is 2. The molecule has 1 aliphatic heterocycles. The lowest BCUT2D eigenvalue weighted by Crippen LogP contribution is -2.45. The maximum Gasteiger partial charge on any atom is 0.238 e. The van der Waals surface area contributed by atoms with Gasteiger partial charge in [-0.05, 0) is 73.5 Å². The number of hydrogen-bond acceptors (Lipinski definition) is 3. The predicted molar refractivity (Wildman–Crippen MR) is 109 cm³/mol. The number of nitrogens with zero attached hydrogens (tertiary/aromatic N) is 1. The van der Waals surface area contributed by atoms with Gasteiger partial charge in [0.25, 0.3) is 0 Å². The number of carbonyl (C=O) groups is 2. The third-order valence-corrected chi connectivity index (χ3v) is 5.78. The quantitative estimate of drug-likeness (QED) is 0.646. The number of rotatable bonds is 6. The van der Waals surface area contributed by atoms with E-state index < -0.39 is 0 Å². The highest BCUT2D eigenvalue weighted by Gasteiger charge is 2.27. The Morgan fingerprint density at radius 1 is 1.20 bits per heavy atom. The van der Waals surface area contributed by atoms with Gasteiger partial charge in [-0.1, -0.05) is 26.0 Å². The van der Waals surface area contributed by atoms with Gasteiger partial charge in [-0.25, -0.2) is 0 Å². The standard InChI is InChI=1S/C19H28IN3O2/c1-13(2)14(3)21-19(25)15-8-10-23(11-9-15)12-18(24)22-17-7-5-4-6-16(17)20/h4-7,13-15H,8-12H2,1-3H3,(H,21,25)(H,22,24). The Bertz CT molecular complexity index is 598. The largest absolute Gasteiger partial charge is 0.353 e. The monoisotopic (exact) mass is 457 g/mol. The van der Waals surface area contributed by atoms with Crippen molar-refractivity contribution in [3.63, 3.8) is 0 Å². The average molecular weight is 457 g/mol. The number of piperidine rings is 1. The third-order valence-electron chi connectivity index (χ3n) is 4.84. The van der Waals surface area contributed by atoms with Crippen LogP contribution in [0.4, 0.5) is 5.69 Å². The van der Waals surface area contributed by atoms with Gasteiger partial charge in [0.1, 0.15) is 0 Å². The molecule has 0 radical (unpaired) electrons. The van der Waals surface area contributed by atoms with Crippen LogP contribution >= 0.6 is 22.6 Å². The van der Waals surface area contributed by atoms with Crippen LogP contribution in [0.3, 0.4) is 0 Å². The lowest BCUT2D eigenvalue weighted by Gasteiger charge is -2.31. The Morgan fingerprint density at radius 2 is 1.84 bits per heavy atom. The second-order valence-electron chi connectivity index (χ2n) is 7.12. The van der Waals surface area contributed by atoms with Gasteiger partial charge in [0.2, 0.25) is 11.8 Å². The molecule has 0 saturated carbocycles. The van der Waals surface area contributed by atoms with Gasteiger partial charge in [0, 0.05) is 15.5 Å². The number of anilines is 1. The lowest BCUT2D eigenvalue weighted by atomic mass is 9.95. The first kappa shape index (κ1) is 20.2. The van der Waals surface area contributed by atoms with E-state index in [0.29, 0.717) is 12.5 Å². The predicted octanol–water partition coefficient (Wildman–Crippen LogP) is 3.10. The lowest BCUT2D eigenvalue weighted by molar-refractivity contribution is -0.127. The molecule has 0 aromatic heterocycles. The highest BCUT2D eigenvalue weighted by Crippen LogP contribution is 2.19. The van der Waals surface area contributed by atoms with E-state index in [2.05, 4.69) is 52.0 Å². The first-order valence-corrected chi connectivity index (χ1v) is 10.0. The fourth-order valence-corrected chi connectivity index (χ4v) is 3.34. The smallest absolute Gasteiger partial charge is 0.238 e. The molecule has 1 heterocycles. The number of halogens is 1. The molecule has 1 aliphatic rings. The minimum atomic E-state index is 0.000414. The second kappa shape index (κ2) is 9.52. The van der Waals surface area contributed by atoms with E-state index in [1.165, 1.54) is 0 Å². The zero-order valence-corrected chi connectivity index (χ0v) is 17.4. The van der Waals surface area contributed by atoms with Crippen LogP contribution in [0.15, 0.2) is 24.3 Å². The average Bonchev–Trinajstić information content (AvgIpc) is 2.57. The maximum absolute atomic E-state index is 12.3. The summed E-state index contributed by atoms with van der Waals surface area (Å²) in [5, 5.41) is 6.07. The van der Waals surface area contributed by atoms with Gasteiger partial charge in [-0.3, -0.25) is 14.5 Å². The molecule has 2 rings (SSSR count). The van der Waals surface area contributed by atoms with Crippen molar-refractivity contribution >= 4 is 40.1 Å². The molecule has 1 atom stereocenters. The summed E-state index contributed by atoms with van der Waals surface area (Å²) in [7, 11) is 0. The van der Waals surface area contributed by atoms with Crippen LogP contribution in [-0.4, -0.2) is 42.4 Å². The van der Waals surface area contributed by atoms with Crippen LogP contribution in [0, 0.1) is 15.4 Å². The van der Waals surface area contributed by atoms with Gasteiger partial charge in [-0.15, -0.1) is 0 Å². The SMILES string of the molecule is CC(C)C(C)NC(=O)C1CCN(CC(=O)Nc2ccccc2I)CC1. The number of hydrogen-bond donors (Lipinski definition) is 2. The second-order valence-corrected chi connectivity index (χ2v) is 8.28. The summed E-state index contributed by atoms with van der Waals surface area (Å²) in [6.45, 7) is 8.22. The molecule has 1 unspecified atom stereocenters. The molecule has 2 amide bonds. The Hall–Kier alpha value is -1.15. The van der Waals surface area contributed by atoms with Crippen molar-refractivity contribution < 1.29 is 9.59 Å². The molecule has 1 saturated heterocycles. The molecule has 5 nitrogen and oxygen atoms in total.